The minimum atomic E-state index is -3.36. The van der Waals surface area contributed by atoms with Crippen LogP contribution < -0.4 is 10.5 Å². The number of hydrogen-bond acceptors (Lipinski definition) is 6. The van der Waals surface area contributed by atoms with Crippen molar-refractivity contribution in [1.29, 1.82) is 5.41 Å². The van der Waals surface area contributed by atoms with Crippen molar-refractivity contribution >= 4 is 38.9 Å². The lowest BCUT2D eigenvalue weighted by Crippen LogP contribution is -2.07. The molecule has 0 fully saturated rings. The lowest BCUT2D eigenvalue weighted by Gasteiger charge is -2.13. The molecule has 0 bridgehead atoms. The van der Waals surface area contributed by atoms with Gasteiger partial charge >= 0.3 is 0 Å². The van der Waals surface area contributed by atoms with Crippen molar-refractivity contribution in [2.45, 2.75) is 16.7 Å². The summed E-state index contributed by atoms with van der Waals surface area (Å²) in [5.41, 5.74) is 8.82. The van der Waals surface area contributed by atoms with Crippen LogP contribution in [0.4, 0.5) is 15.8 Å². The topological polar surface area (TPSA) is 96.0 Å². The molecule has 3 aromatic carbocycles. The predicted molar refractivity (Wildman–Crippen MR) is 117 cm³/mol. The molecule has 0 radical (unpaired) electrons. The van der Waals surface area contributed by atoms with Crippen molar-refractivity contribution in [2.75, 3.05) is 16.7 Å². The summed E-state index contributed by atoms with van der Waals surface area (Å²) in [7, 11) is -3.36. The molecule has 29 heavy (non-hydrogen) atoms. The van der Waals surface area contributed by atoms with Crippen LogP contribution in [0.2, 0.25) is 0 Å². The van der Waals surface area contributed by atoms with Crippen LogP contribution in [-0.4, -0.2) is 20.4 Å². The molecule has 0 amide bonds. The fourth-order valence-electron chi connectivity index (χ4n) is 2.75. The van der Waals surface area contributed by atoms with E-state index in [1.807, 2.05) is 0 Å². The van der Waals surface area contributed by atoms with Gasteiger partial charge in [0.25, 0.3) is 0 Å². The summed E-state index contributed by atoms with van der Waals surface area (Å²) >= 11 is 1.16. The Morgan fingerprint density at radius 2 is 1.83 bits per heavy atom. The van der Waals surface area contributed by atoms with Gasteiger partial charge < -0.3 is 10.5 Å². The van der Waals surface area contributed by atoms with Crippen LogP contribution in [0.25, 0.3) is 0 Å². The highest BCUT2D eigenvalue weighted by atomic mass is 32.2. The highest BCUT2D eigenvalue weighted by molar-refractivity contribution is 8.01. The molecule has 0 saturated heterocycles. The maximum Gasteiger partial charge on any atom is 0.176 e. The molecule has 150 valence electrons. The molecule has 0 aliphatic rings. The molecule has 0 heterocycles. The number of rotatable bonds is 6. The zero-order valence-electron chi connectivity index (χ0n) is 15.9. The first-order valence-corrected chi connectivity index (χ1v) is 11.3. The summed E-state index contributed by atoms with van der Waals surface area (Å²) in [6, 6.07) is 16.3. The molecule has 0 aliphatic carbocycles. The van der Waals surface area contributed by atoms with E-state index in [2.05, 4.69) is 4.72 Å². The third-order valence-electron chi connectivity index (χ3n) is 4.30. The molecule has 0 unspecified atom stereocenters. The zero-order valence-corrected chi connectivity index (χ0v) is 17.5. The van der Waals surface area contributed by atoms with E-state index in [-0.39, 0.29) is 16.4 Å². The molecule has 8 heteroatoms. The molecular formula is C21H20FN3O2S2. The number of benzene rings is 3. The van der Waals surface area contributed by atoms with Crippen molar-refractivity contribution < 1.29 is 12.8 Å². The summed E-state index contributed by atoms with van der Waals surface area (Å²) in [6.07, 6.45) is 1.17. The number of hydrogen-bond donors (Lipinski definition) is 3. The van der Waals surface area contributed by atoms with E-state index in [1.54, 1.807) is 61.5 Å². The van der Waals surface area contributed by atoms with Gasteiger partial charge in [0.15, 0.2) is 9.84 Å². The monoisotopic (exact) mass is 429 g/mol. The number of nitrogens with one attached hydrogen (secondary N) is 2. The van der Waals surface area contributed by atoms with E-state index in [0.717, 1.165) is 11.9 Å². The highest BCUT2D eigenvalue weighted by Gasteiger charge is 2.14. The summed E-state index contributed by atoms with van der Waals surface area (Å²) in [5.74, 6) is -0.328. The van der Waals surface area contributed by atoms with Crippen molar-refractivity contribution in [3.05, 3.63) is 83.2 Å². The molecule has 3 rings (SSSR count). The van der Waals surface area contributed by atoms with Crippen molar-refractivity contribution in [2.24, 2.45) is 0 Å². The van der Waals surface area contributed by atoms with Gasteiger partial charge in [-0.2, -0.15) is 0 Å². The Labute approximate surface area is 173 Å². The minimum absolute atomic E-state index is 0.177. The largest absolute Gasteiger partial charge is 0.398 e. The summed E-state index contributed by atoms with van der Waals surface area (Å²) < 4.78 is 40.5. The molecule has 0 spiro atoms. The minimum Gasteiger partial charge on any atom is -0.398 e. The van der Waals surface area contributed by atoms with Crippen molar-refractivity contribution in [3.63, 3.8) is 0 Å². The van der Waals surface area contributed by atoms with Gasteiger partial charge in [-0.3, -0.25) is 5.41 Å². The van der Waals surface area contributed by atoms with Gasteiger partial charge in [-0.1, -0.05) is 12.1 Å². The Hall–Kier alpha value is -2.84. The fraction of sp³-hybridized carbons (Fsp3) is 0.0952. The van der Waals surface area contributed by atoms with Crippen LogP contribution in [0.5, 0.6) is 0 Å². The summed E-state index contributed by atoms with van der Waals surface area (Å²) in [6.45, 7) is 1.64. The average Bonchev–Trinajstić information content (AvgIpc) is 2.68. The van der Waals surface area contributed by atoms with Gasteiger partial charge in [0.05, 0.1) is 10.6 Å². The van der Waals surface area contributed by atoms with Crippen LogP contribution >= 0.6 is 11.9 Å². The zero-order chi connectivity index (χ0) is 21.2. The van der Waals surface area contributed by atoms with E-state index in [0.29, 0.717) is 33.0 Å². The number of anilines is 2. The smallest absolute Gasteiger partial charge is 0.176 e. The second kappa shape index (κ2) is 8.26. The Bertz CT molecular complexity index is 1190. The van der Waals surface area contributed by atoms with E-state index < -0.39 is 9.84 Å². The molecule has 0 saturated carbocycles. The number of nitrogens with two attached hydrogens (primary N) is 1. The molecule has 3 aromatic rings. The van der Waals surface area contributed by atoms with E-state index in [9.17, 15) is 12.8 Å². The molecule has 5 nitrogen and oxygen atoms in total. The van der Waals surface area contributed by atoms with Crippen LogP contribution in [0.1, 0.15) is 16.7 Å². The number of sulfone groups is 1. The van der Waals surface area contributed by atoms with Gasteiger partial charge in [0.1, 0.15) is 5.82 Å². The number of aryl methyl sites for hydroxylation is 1. The van der Waals surface area contributed by atoms with Crippen LogP contribution in [0.3, 0.4) is 0 Å². The first-order chi connectivity index (χ1) is 13.7. The average molecular weight is 430 g/mol. The molecule has 0 aliphatic heterocycles. The molecular weight excluding hydrogens is 409 g/mol. The fourth-order valence-corrected chi connectivity index (χ4v) is 4.76. The van der Waals surface area contributed by atoms with Gasteiger partial charge in [-0.15, -0.1) is 0 Å². The quantitative estimate of drug-likeness (QED) is 0.301. The molecule has 4 N–H and O–H groups in total. The standard InChI is InChI=1S/C21H20FN3O2S2/c1-13-11-14(7-9-17(13)22)21(24)16-12-15(8-10-18(16)23)25-28-19-5-3-4-6-20(19)29(2,26)27/h3-12,24-25H,23H2,1-2H3. The Balaban J connectivity index is 1.87. The molecule has 0 aromatic heterocycles. The Morgan fingerprint density at radius 1 is 1.10 bits per heavy atom. The van der Waals surface area contributed by atoms with Gasteiger partial charge in [-0.25, -0.2) is 12.8 Å². The van der Waals surface area contributed by atoms with Crippen LogP contribution in [-0.2, 0) is 9.84 Å². The third-order valence-corrected chi connectivity index (χ3v) is 6.49. The normalized spacial score (nSPS) is 11.3. The van der Waals surface area contributed by atoms with E-state index in [1.165, 1.54) is 12.3 Å². The van der Waals surface area contributed by atoms with Crippen LogP contribution in [0.15, 0.2) is 70.5 Å². The first-order valence-electron chi connectivity index (χ1n) is 8.64. The number of halogens is 1. The lowest BCUT2D eigenvalue weighted by atomic mass is 9.99. The lowest BCUT2D eigenvalue weighted by molar-refractivity contribution is 0.600. The Morgan fingerprint density at radius 3 is 2.52 bits per heavy atom. The van der Waals surface area contributed by atoms with Crippen molar-refractivity contribution in [1.82, 2.24) is 0 Å². The summed E-state index contributed by atoms with van der Waals surface area (Å²) in [5, 5.41) is 8.47. The number of nitrogen functional groups attached to an aromatic ring is 1. The maximum absolute atomic E-state index is 13.5. The van der Waals surface area contributed by atoms with E-state index in [4.69, 9.17) is 11.1 Å². The SMILES string of the molecule is Cc1cc(C(=N)c2cc(NSc3ccccc3S(C)(=O)=O)ccc2N)ccc1F. The van der Waals surface area contributed by atoms with Gasteiger partial charge in [0.2, 0.25) is 0 Å². The van der Waals surface area contributed by atoms with Crippen LogP contribution in [0, 0.1) is 18.2 Å². The second-order valence-corrected chi connectivity index (χ2v) is 9.40. The van der Waals surface area contributed by atoms with E-state index >= 15 is 0 Å². The maximum atomic E-state index is 13.5. The molecule has 0 atom stereocenters. The third kappa shape index (κ3) is 4.78. The highest BCUT2D eigenvalue weighted by Crippen LogP contribution is 2.29. The first kappa shape index (κ1) is 20.9. The second-order valence-electron chi connectivity index (χ2n) is 6.56. The van der Waals surface area contributed by atoms with Gasteiger partial charge in [-0.05, 0) is 73.0 Å². The summed E-state index contributed by atoms with van der Waals surface area (Å²) in [4.78, 5) is 0.806. The van der Waals surface area contributed by atoms with Crippen molar-refractivity contribution in [3.8, 4) is 0 Å². The predicted octanol–water partition coefficient (Wildman–Crippen LogP) is 4.66. The Kier molecular flexibility index (Phi) is 5.95. The van der Waals surface area contributed by atoms with Gasteiger partial charge in [0, 0.05) is 33.7 Å².